The SMILES string of the molecule is O=C(OCc1cn(Cc2ccc(Cl)cc2)nn1)N1CCCC1. The molecule has 0 radical (unpaired) electrons. The highest BCUT2D eigenvalue weighted by atomic mass is 35.5. The molecule has 0 unspecified atom stereocenters. The van der Waals surface area contributed by atoms with Gasteiger partial charge >= 0.3 is 6.09 Å². The van der Waals surface area contributed by atoms with E-state index in [1.165, 1.54) is 0 Å². The lowest BCUT2D eigenvalue weighted by molar-refractivity contribution is 0.103. The van der Waals surface area contributed by atoms with E-state index in [1.54, 1.807) is 15.8 Å². The van der Waals surface area contributed by atoms with Crippen molar-refractivity contribution in [2.45, 2.75) is 26.0 Å². The smallest absolute Gasteiger partial charge is 0.410 e. The predicted octanol–water partition coefficient (Wildman–Crippen LogP) is 2.71. The van der Waals surface area contributed by atoms with E-state index in [2.05, 4.69) is 10.3 Å². The summed E-state index contributed by atoms with van der Waals surface area (Å²) in [6, 6.07) is 7.56. The third-order valence-corrected chi connectivity index (χ3v) is 3.80. The molecule has 1 aromatic carbocycles. The molecule has 22 heavy (non-hydrogen) atoms. The van der Waals surface area contributed by atoms with Crippen LogP contribution < -0.4 is 0 Å². The van der Waals surface area contributed by atoms with Crippen molar-refractivity contribution in [3.8, 4) is 0 Å². The van der Waals surface area contributed by atoms with Crippen molar-refractivity contribution in [3.05, 3.63) is 46.7 Å². The molecule has 0 aliphatic carbocycles. The maximum Gasteiger partial charge on any atom is 0.410 e. The second-order valence-electron chi connectivity index (χ2n) is 5.28. The largest absolute Gasteiger partial charge is 0.443 e. The van der Waals surface area contributed by atoms with Crippen molar-refractivity contribution in [3.63, 3.8) is 0 Å². The molecule has 0 spiro atoms. The van der Waals surface area contributed by atoms with Crippen molar-refractivity contribution in [1.82, 2.24) is 19.9 Å². The lowest BCUT2D eigenvalue weighted by atomic mass is 10.2. The molecular formula is C15H17ClN4O2. The van der Waals surface area contributed by atoms with Gasteiger partial charge in [-0.1, -0.05) is 28.9 Å². The van der Waals surface area contributed by atoms with Crippen molar-refractivity contribution in [1.29, 1.82) is 0 Å². The van der Waals surface area contributed by atoms with Crippen LogP contribution in [0, 0.1) is 0 Å². The standard InChI is InChI=1S/C15H17ClN4O2/c16-13-5-3-12(4-6-13)9-20-10-14(17-18-20)11-22-15(21)19-7-1-2-8-19/h3-6,10H,1-2,7-9,11H2. The molecule has 0 atom stereocenters. The number of amides is 1. The summed E-state index contributed by atoms with van der Waals surface area (Å²) in [4.78, 5) is 13.5. The average Bonchev–Trinajstić information content (AvgIpc) is 3.19. The van der Waals surface area contributed by atoms with Gasteiger partial charge in [0.1, 0.15) is 12.3 Å². The molecule has 1 aliphatic heterocycles. The number of carbonyl (C=O) groups is 1. The van der Waals surface area contributed by atoms with Gasteiger partial charge in [-0.3, -0.25) is 0 Å². The van der Waals surface area contributed by atoms with Crippen molar-refractivity contribution >= 4 is 17.7 Å². The Hall–Kier alpha value is -2.08. The van der Waals surface area contributed by atoms with E-state index in [4.69, 9.17) is 16.3 Å². The summed E-state index contributed by atoms with van der Waals surface area (Å²) in [5, 5.41) is 8.76. The second-order valence-corrected chi connectivity index (χ2v) is 5.72. The first-order valence-electron chi connectivity index (χ1n) is 7.26. The molecule has 0 saturated carbocycles. The normalized spacial score (nSPS) is 14.3. The minimum atomic E-state index is -0.273. The molecule has 7 heteroatoms. The molecular weight excluding hydrogens is 304 g/mol. The average molecular weight is 321 g/mol. The number of aromatic nitrogens is 3. The summed E-state index contributed by atoms with van der Waals surface area (Å²) in [6.07, 6.45) is 3.61. The summed E-state index contributed by atoms with van der Waals surface area (Å²) >= 11 is 5.86. The maximum atomic E-state index is 11.8. The Morgan fingerprint density at radius 1 is 1.23 bits per heavy atom. The van der Waals surface area contributed by atoms with E-state index < -0.39 is 0 Å². The van der Waals surface area contributed by atoms with Gasteiger partial charge in [-0.25, -0.2) is 9.48 Å². The molecule has 1 aromatic heterocycles. The summed E-state index contributed by atoms with van der Waals surface area (Å²) < 4.78 is 6.96. The Morgan fingerprint density at radius 2 is 1.95 bits per heavy atom. The van der Waals surface area contributed by atoms with E-state index in [1.807, 2.05) is 24.3 Å². The van der Waals surface area contributed by atoms with E-state index in [-0.39, 0.29) is 12.7 Å². The predicted molar refractivity (Wildman–Crippen MR) is 81.6 cm³/mol. The lowest BCUT2D eigenvalue weighted by Crippen LogP contribution is -2.28. The third kappa shape index (κ3) is 3.76. The van der Waals surface area contributed by atoms with Crippen LogP contribution in [0.5, 0.6) is 0 Å². The molecule has 2 aromatic rings. The topological polar surface area (TPSA) is 60.3 Å². The first kappa shape index (κ1) is 14.8. The van der Waals surface area contributed by atoms with Gasteiger partial charge in [0.2, 0.25) is 0 Å². The summed E-state index contributed by atoms with van der Waals surface area (Å²) in [6.45, 7) is 2.31. The van der Waals surface area contributed by atoms with Crippen LogP contribution in [-0.4, -0.2) is 39.1 Å². The van der Waals surface area contributed by atoms with Crippen LogP contribution in [0.2, 0.25) is 5.02 Å². The fourth-order valence-electron chi connectivity index (χ4n) is 2.39. The number of rotatable bonds is 4. The van der Waals surface area contributed by atoms with Gasteiger partial charge in [0.15, 0.2) is 0 Å². The van der Waals surface area contributed by atoms with Crippen molar-refractivity contribution < 1.29 is 9.53 Å². The Balaban J connectivity index is 1.52. The number of halogens is 1. The summed E-state index contributed by atoms with van der Waals surface area (Å²) in [5.74, 6) is 0. The molecule has 1 fully saturated rings. The van der Waals surface area contributed by atoms with Gasteiger partial charge in [-0.2, -0.15) is 0 Å². The molecule has 6 nitrogen and oxygen atoms in total. The third-order valence-electron chi connectivity index (χ3n) is 3.55. The fourth-order valence-corrected chi connectivity index (χ4v) is 2.51. The lowest BCUT2D eigenvalue weighted by Gasteiger charge is -2.13. The van der Waals surface area contributed by atoms with E-state index >= 15 is 0 Å². The number of ether oxygens (including phenoxy) is 1. The zero-order chi connectivity index (χ0) is 15.4. The minimum absolute atomic E-state index is 0.149. The first-order chi connectivity index (χ1) is 10.7. The van der Waals surface area contributed by atoms with Crippen molar-refractivity contribution in [2.24, 2.45) is 0 Å². The van der Waals surface area contributed by atoms with Gasteiger partial charge < -0.3 is 9.64 Å². The van der Waals surface area contributed by atoms with E-state index in [0.29, 0.717) is 17.3 Å². The van der Waals surface area contributed by atoms with Gasteiger partial charge in [-0.15, -0.1) is 5.10 Å². The Morgan fingerprint density at radius 3 is 2.68 bits per heavy atom. The molecule has 1 amide bonds. The summed E-state index contributed by atoms with van der Waals surface area (Å²) in [5.41, 5.74) is 1.72. The van der Waals surface area contributed by atoms with Crippen LogP contribution in [0.1, 0.15) is 24.1 Å². The van der Waals surface area contributed by atoms with Crippen molar-refractivity contribution in [2.75, 3.05) is 13.1 Å². The molecule has 2 heterocycles. The van der Waals surface area contributed by atoms with E-state index in [0.717, 1.165) is 31.5 Å². The number of carbonyl (C=O) groups excluding carboxylic acids is 1. The molecule has 1 aliphatic rings. The zero-order valence-electron chi connectivity index (χ0n) is 12.1. The molecule has 3 rings (SSSR count). The number of benzene rings is 1. The second kappa shape index (κ2) is 6.79. The molecule has 0 N–H and O–H groups in total. The number of hydrogen-bond donors (Lipinski definition) is 0. The number of nitrogens with zero attached hydrogens (tertiary/aromatic N) is 4. The highest BCUT2D eigenvalue weighted by Crippen LogP contribution is 2.11. The highest BCUT2D eigenvalue weighted by molar-refractivity contribution is 6.30. The van der Waals surface area contributed by atoms with Crippen LogP contribution >= 0.6 is 11.6 Å². The van der Waals surface area contributed by atoms with Crippen LogP contribution in [0.4, 0.5) is 4.79 Å². The van der Waals surface area contributed by atoms with Crippen LogP contribution in [-0.2, 0) is 17.9 Å². The molecule has 0 bridgehead atoms. The van der Waals surface area contributed by atoms with Gasteiger partial charge in [0.25, 0.3) is 0 Å². The zero-order valence-corrected chi connectivity index (χ0v) is 12.9. The van der Waals surface area contributed by atoms with Crippen LogP contribution in [0.15, 0.2) is 30.5 Å². The fraction of sp³-hybridized carbons (Fsp3) is 0.400. The van der Waals surface area contributed by atoms with Gasteiger partial charge in [0, 0.05) is 18.1 Å². The highest BCUT2D eigenvalue weighted by Gasteiger charge is 2.19. The van der Waals surface area contributed by atoms with Crippen LogP contribution in [0.3, 0.4) is 0 Å². The quantitative estimate of drug-likeness (QED) is 0.869. The number of likely N-dealkylation sites (tertiary alicyclic amines) is 1. The number of hydrogen-bond acceptors (Lipinski definition) is 4. The van der Waals surface area contributed by atoms with Gasteiger partial charge in [0.05, 0.1) is 12.7 Å². The first-order valence-corrected chi connectivity index (χ1v) is 7.64. The molecule has 116 valence electrons. The Kier molecular flexibility index (Phi) is 4.58. The summed E-state index contributed by atoms with van der Waals surface area (Å²) in [7, 11) is 0. The Bertz CT molecular complexity index is 635. The van der Waals surface area contributed by atoms with Gasteiger partial charge in [-0.05, 0) is 30.5 Å². The van der Waals surface area contributed by atoms with Crippen LogP contribution in [0.25, 0.3) is 0 Å². The Labute approximate surface area is 133 Å². The molecule has 1 saturated heterocycles. The monoisotopic (exact) mass is 320 g/mol. The maximum absolute atomic E-state index is 11.8. The van der Waals surface area contributed by atoms with E-state index in [9.17, 15) is 4.79 Å². The minimum Gasteiger partial charge on any atom is -0.443 e.